The topological polar surface area (TPSA) is 92.9 Å². The van der Waals surface area contributed by atoms with Gasteiger partial charge in [-0.15, -0.1) is 0 Å². The van der Waals surface area contributed by atoms with E-state index in [1.807, 2.05) is 19.0 Å². The van der Waals surface area contributed by atoms with Crippen molar-refractivity contribution in [2.45, 2.75) is 0 Å². The maximum atomic E-state index is 11.0. The van der Waals surface area contributed by atoms with Gasteiger partial charge in [-0.05, 0) is 20.2 Å². The molecule has 18 heavy (non-hydrogen) atoms. The molecule has 98 valence electrons. The number of carboxylic acids is 1. The Bertz CT molecular complexity index is 459. The second-order valence-electron chi connectivity index (χ2n) is 3.89. The first-order valence-corrected chi connectivity index (χ1v) is 5.21. The van der Waals surface area contributed by atoms with Crippen molar-refractivity contribution >= 4 is 11.7 Å². The number of hydrogen-bond acceptors (Lipinski definition) is 5. The molecule has 0 radical (unpaired) electrons. The molecule has 0 amide bonds. The molecule has 0 unspecified atom stereocenters. The third kappa shape index (κ3) is 3.70. The van der Waals surface area contributed by atoms with E-state index in [0.717, 1.165) is 6.07 Å². The SMILES string of the molecule is CN(C)CCOc1ccc([N+](=O)[O-])cc1C(=O)O. The van der Waals surface area contributed by atoms with E-state index in [0.29, 0.717) is 13.2 Å². The van der Waals surface area contributed by atoms with Crippen molar-refractivity contribution < 1.29 is 19.6 Å². The summed E-state index contributed by atoms with van der Waals surface area (Å²) in [6.07, 6.45) is 0. The van der Waals surface area contributed by atoms with Crippen LogP contribution >= 0.6 is 0 Å². The Morgan fingerprint density at radius 1 is 1.50 bits per heavy atom. The van der Waals surface area contributed by atoms with Crippen molar-refractivity contribution in [3.63, 3.8) is 0 Å². The summed E-state index contributed by atoms with van der Waals surface area (Å²) in [6, 6.07) is 3.52. The number of benzene rings is 1. The molecule has 0 heterocycles. The number of carbonyl (C=O) groups is 1. The molecule has 1 aromatic rings. The van der Waals surface area contributed by atoms with E-state index >= 15 is 0 Å². The van der Waals surface area contributed by atoms with Crippen LogP contribution in [0.5, 0.6) is 5.75 Å². The second-order valence-corrected chi connectivity index (χ2v) is 3.89. The molecule has 0 saturated heterocycles. The predicted octanol–water partition coefficient (Wildman–Crippen LogP) is 1.23. The van der Waals surface area contributed by atoms with Crippen molar-refractivity contribution in [2.24, 2.45) is 0 Å². The smallest absolute Gasteiger partial charge is 0.339 e. The molecular weight excluding hydrogens is 240 g/mol. The lowest BCUT2D eigenvalue weighted by molar-refractivity contribution is -0.384. The zero-order valence-corrected chi connectivity index (χ0v) is 10.1. The van der Waals surface area contributed by atoms with E-state index in [1.165, 1.54) is 12.1 Å². The molecule has 0 aromatic heterocycles. The van der Waals surface area contributed by atoms with Crippen LogP contribution in [0, 0.1) is 10.1 Å². The van der Waals surface area contributed by atoms with Gasteiger partial charge < -0.3 is 14.7 Å². The third-order valence-electron chi connectivity index (χ3n) is 2.20. The van der Waals surface area contributed by atoms with E-state index in [2.05, 4.69) is 0 Å². The molecule has 0 spiro atoms. The Kier molecular flexibility index (Phi) is 4.61. The Morgan fingerprint density at radius 3 is 2.67 bits per heavy atom. The molecular formula is C11H14N2O5. The normalized spacial score (nSPS) is 10.4. The molecule has 0 bridgehead atoms. The average molecular weight is 254 g/mol. The summed E-state index contributed by atoms with van der Waals surface area (Å²) in [5, 5.41) is 19.5. The molecule has 0 aliphatic heterocycles. The van der Waals surface area contributed by atoms with Crippen molar-refractivity contribution in [2.75, 3.05) is 27.2 Å². The molecule has 7 heteroatoms. The number of nitro groups is 1. The van der Waals surface area contributed by atoms with E-state index in [9.17, 15) is 14.9 Å². The lowest BCUT2D eigenvalue weighted by Gasteiger charge is -2.12. The minimum Gasteiger partial charge on any atom is -0.491 e. The molecule has 1 N–H and O–H groups in total. The maximum Gasteiger partial charge on any atom is 0.339 e. The fourth-order valence-corrected chi connectivity index (χ4v) is 1.26. The highest BCUT2D eigenvalue weighted by molar-refractivity contribution is 5.91. The van der Waals surface area contributed by atoms with Gasteiger partial charge in [0.05, 0.1) is 4.92 Å². The minimum atomic E-state index is -1.25. The summed E-state index contributed by atoms with van der Waals surface area (Å²) in [5.74, 6) is -1.12. The molecule has 1 rings (SSSR count). The highest BCUT2D eigenvalue weighted by Crippen LogP contribution is 2.24. The van der Waals surface area contributed by atoms with Crippen molar-refractivity contribution in [3.8, 4) is 5.75 Å². The van der Waals surface area contributed by atoms with Gasteiger partial charge in [0, 0.05) is 18.7 Å². The molecule has 1 aromatic carbocycles. The first kappa shape index (κ1) is 13.9. The molecule has 0 atom stereocenters. The summed E-state index contributed by atoms with van der Waals surface area (Å²) in [7, 11) is 3.72. The average Bonchev–Trinajstić information content (AvgIpc) is 2.28. The number of aromatic carboxylic acids is 1. The predicted molar refractivity (Wildman–Crippen MR) is 64.1 cm³/mol. The summed E-state index contributed by atoms with van der Waals surface area (Å²) in [4.78, 5) is 22.8. The van der Waals surface area contributed by atoms with Crippen molar-refractivity contribution in [1.29, 1.82) is 0 Å². The van der Waals surface area contributed by atoms with Gasteiger partial charge in [0.1, 0.15) is 17.9 Å². The summed E-state index contributed by atoms with van der Waals surface area (Å²) in [5.41, 5.74) is -0.477. The zero-order chi connectivity index (χ0) is 13.7. The van der Waals surface area contributed by atoms with Crippen LogP contribution in [0.3, 0.4) is 0 Å². The van der Waals surface area contributed by atoms with E-state index in [4.69, 9.17) is 9.84 Å². The van der Waals surface area contributed by atoms with Gasteiger partial charge in [0.2, 0.25) is 0 Å². The monoisotopic (exact) mass is 254 g/mol. The first-order chi connectivity index (χ1) is 8.41. The number of rotatable bonds is 6. The lowest BCUT2D eigenvalue weighted by atomic mass is 10.2. The molecule has 0 aliphatic rings. The fourth-order valence-electron chi connectivity index (χ4n) is 1.26. The van der Waals surface area contributed by atoms with Crippen LogP contribution in [0.4, 0.5) is 5.69 Å². The van der Waals surface area contributed by atoms with Crippen LogP contribution in [0.1, 0.15) is 10.4 Å². The summed E-state index contributed by atoms with van der Waals surface area (Å²) >= 11 is 0. The van der Waals surface area contributed by atoms with Crippen LogP contribution in [0.2, 0.25) is 0 Å². The van der Waals surface area contributed by atoms with Gasteiger partial charge in [-0.25, -0.2) is 4.79 Å². The van der Waals surface area contributed by atoms with Crippen LogP contribution in [-0.2, 0) is 0 Å². The van der Waals surface area contributed by atoms with Crippen LogP contribution in [0.25, 0.3) is 0 Å². The zero-order valence-electron chi connectivity index (χ0n) is 10.1. The molecule has 0 saturated carbocycles. The van der Waals surface area contributed by atoms with E-state index in [-0.39, 0.29) is 17.0 Å². The minimum absolute atomic E-state index is 0.134. The van der Waals surface area contributed by atoms with Gasteiger partial charge in [-0.2, -0.15) is 0 Å². The number of hydrogen-bond donors (Lipinski definition) is 1. The van der Waals surface area contributed by atoms with Gasteiger partial charge in [-0.1, -0.05) is 0 Å². The van der Waals surface area contributed by atoms with Gasteiger partial charge >= 0.3 is 5.97 Å². The number of nitrogens with zero attached hydrogens (tertiary/aromatic N) is 2. The maximum absolute atomic E-state index is 11.0. The Hall–Kier alpha value is -2.15. The molecule has 7 nitrogen and oxygen atoms in total. The summed E-state index contributed by atoms with van der Waals surface area (Å²) < 4.78 is 5.30. The van der Waals surface area contributed by atoms with Crippen LogP contribution < -0.4 is 4.74 Å². The number of non-ortho nitro benzene ring substituents is 1. The summed E-state index contributed by atoms with van der Waals surface area (Å²) in [6.45, 7) is 0.932. The first-order valence-electron chi connectivity index (χ1n) is 5.21. The van der Waals surface area contributed by atoms with Crippen LogP contribution in [-0.4, -0.2) is 48.1 Å². The third-order valence-corrected chi connectivity index (χ3v) is 2.20. The Labute approximate surface area is 104 Å². The van der Waals surface area contributed by atoms with Gasteiger partial charge in [0.15, 0.2) is 0 Å². The Balaban J connectivity index is 2.90. The van der Waals surface area contributed by atoms with Gasteiger partial charge in [0.25, 0.3) is 5.69 Å². The number of ether oxygens (including phenoxy) is 1. The molecule has 0 aliphatic carbocycles. The number of carboxylic acid groups (broad SMARTS) is 1. The highest BCUT2D eigenvalue weighted by atomic mass is 16.6. The standard InChI is InChI=1S/C11H14N2O5/c1-12(2)5-6-18-10-4-3-8(13(16)17)7-9(10)11(14)15/h3-4,7H,5-6H2,1-2H3,(H,14,15). The quantitative estimate of drug-likeness (QED) is 0.606. The number of nitro benzene ring substituents is 1. The van der Waals surface area contributed by atoms with E-state index in [1.54, 1.807) is 0 Å². The fraction of sp³-hybridized carbons (Fsp3) is 0.364. The lowest BCUT2D eigenvalue weighted by Crippen LogP contribution is -2.20. The number of likely N-dealkylation sites (N-methyl/N-ethyl adjacent to an activating group) is 1. The largest absolute Gasteiger partial charge is 0.491 e. The highest BCUT2D eigenvalue weighted by Gasteiger charge is 2.16. The Morgan fingerprint density at radius 2 is 2.17 bits per heavy atom. The van der Waals surface area contributed by atoms with E-state index < -0.39 is 10.9 Å². The molecule has 0 fully saturated rings. The van der Waals surface area contributed by atoms with Gasteiger partial charge in [-0.3, -0.25) is 10.1 Å². The van der Waals surface area contributed by atoms with Crippen molar-refractivity contribution in [3.05, 3.63) is 33.9 Å². The van der Waals surface area contributed by atoms with Crippen molar-refractivity contribution in [1.82, 2.24) is 4.90 Å². The second kappa shape index (κ2) is 5.97. The van der Waals surface area contributed by atoms with Crippen LogP contribution in [0.15, 0.2) is 18.2 Å².